The van der Waals surface area contributed by atoms with Crippen molar-refractivity contribution in [2.24, 2.45) is 0 Å². The minimum atomic E-state index is -0.0301. The zero-order chi connectivity index (χ0) is 21.2. The molecule has 0 saturated carbocycles. The summed E-state index contributed by atoms with van der Waals surface area (Å²) < 4.78 is 7.85. The first-order valence-corrected chi connectivity index (χ1v) is 11.6. The molecular weight excluding hydrogens is 428 g/mol. The van der Waals surface area contributed by atoms with Crippen LogP contribution in [0.3, 0.4) is 0 Å². The molecule has 6 nitrogen and oxygen atoms in total. The third-order valence-corrected chi connectivity index (χ3v) is 6.75. The second kappa shape index (κ2) is 8.49. The molecule has 0 aliphatic rings. The molecule has 0 bridgehead atoms. The van der Waals surface area contributed by atoms with Crippen LogP contribution >= 0.6 is 23.1 Å². The first-order chi connectivity index (χ1) is 15.2. The van der Waals surface area contributed by atoms with Gasteiger partial charge in [-0.05, 0) is 29.5 Å². The second-order valence-corrected chi connectivity index (χ2v) is 8.88. The minimum Gasteiger partial charge on any atom is -0.338 e. The van der Waals surface area contributed by atoms with Gasteiger partial charge in [-0.1, -0.05) is 71.5 Å². The van der Waals surface area contributed by atoms with Gasteiger partial charge in [-0.15, -0.1) is 11.3 Å². The highest BCUT2D eigenvalue weighted by atomic mass is 32.2. The Morgan fingerprint density at radius 1 is 1.03 bits per heavy atom. The Labute approximate surface area is 186 Å². The molecule has 5 aromatic rings. The van der Waals surface area contributed by atoms with Crippen LogP contribution < -0.4 is 5.56 Å². The monoisotopic (exact) mass is 446 g/mol. The Morgan fingerprint density at radius 3 is 2.68 bits per heavy atom. The number of nitrogens with zero attached hydrogens (tertiary/aromatic N) is 4. The molecule has 3 aromatic heterocycles. The lowest BCUT2D eigenvalue weighted by atomic mass is 10.1. The Morgan fingerprint density at radius 2 is 1.84 bits per heavy atom. The number of thioether (sulfide) groups is 1. The van der Waals surface area contributed by atoms with Gasteiger partial charge in [0.05, 0.1) is 17.8 Å². The van der Waals surface area contributed by atoms with Crippen LogP contribution in [0.25, 0.3) is 21.6 Å². The average molecular weight is 447 g/mol. The molecule has 8 heteroatoms. The molecule has 3 heterocycles. The summed E-state index contributed by atoms with van der Waals surface area (Å²) in [6.07, 6.45) is 0. The third-order valence-electron chi connectivity index (χ3n) is 4.89. The molecule has 0 spiro atoms. The van der Waals surface area contributed by atoms with E-state index in [2.05, 4.69) is 10.1 Å². The van der Waals surface area contributed by atoms with Crippen LogP contribution in [0.15, 0.2) is 80.5 Å². The van der Waals surface area contributed by atoms with Crippen molar-refractivity contribution in [1.82, 2.24) is 19.7 Å². The first-order valence-electron chi connectivity index (χ1n) is 9.72. The highest BCUT2D eigenvalue weighted by Crippen LogP contribution is 2.26. The lowest BCUT2D eigenvalue weighted by Crippen LogP contribution is -2.23. The Hall–Kier alpha value is -3.23. The number of aromatic nitrogens is 4. The quantitative estimate of drug-likeness (QED) is 0.265. The Balaban J connectivity index is 1.44. The van der Waals surface area contributed by atoms with Crippen LogP contribution in [0, 0.1) is 6.92 Å². The lowest BCUT2D eigenvalue weighted by Gasteiger charge is -2.11. The normalized spacial score (nSPS) is 11.3. The van der Waals surface area contributed by atoms with Gasteiger partial charge in [0.1, 0.15) is 4.70 Å². The fraction of sp³-hybridized carbons (Fsp3) is 0.130. The third kappa shape index (κ3) is 4.04. The van der Waals surface area contributed by atoms with Crippen molar-refractivity contribution in [2.75, 3.05) is 0 Å². The molecule has 0 unspecified atom stereocenters. The van der Waals surface area contributed by atoms with Gasteiger partial charge < -0.3 is 4.52 Å². The largest absolute Gasteiger partial charge is 0.338 e. The van der Waals surface area contributed by atoms with Gasteiger partial charge in [-0.25, -0.2) is 4.98 Å². The Kier molecular flexibility index (Phi) is 5.40. The van der Waals surface area contributed by atoms with Gasteiger partial charge in [0, 0.05) is 5.56 Å². The Bertz CT molecular complexity index is 1410. The number of benzene rings is 2. The summed E-state index contributed by atoms with van der Waals surface area (Å²) in [5, 5.41) is 6.65. The van der Waals surface area contributed by atoms with Crippen molar-refractivity contribution in [1.29, 1.82) is 0 Å². The number of fused-ring (bicyclic) bond motifs is 1. The molecule has 0 radical (unpaired) electrons. The van der Waals surface area contributed by atoms with Crippen LogP contribution in [0.2, 0.25) is 0 Å². The lowest BCUT2D eigenvalue weighted by molar-refractivity contribution is 0.391. The van der Waals surface area contributed by atoms with Crippen LogP contribution in [0.4, 0.5) is 0 Å². The molecule has 0 aliphatic heterocycles. The predicted molar refractivity (Wildman–Crippen MR) is 123 cm³/mol. The summed E-state index contributed by atoms with van der Waals surface area (Å²) in [5.41, 5.74) is 3.76. The van der Waals surface area contributed by atoms with Gasteiger partial charge in [-0.3, -0.25) is 9.36 Å². The number of thiophene rings is 1. The summed E-state index contributed by atoms with van der Waals surface area (Å²) in [7, 11) is 0. The molecule has 0 N–H and O–H groups in total. The van der Waals surface area contributed by atoms with E-state index in [1.807, 2.05) is 73.0 Å². The minimum absolute atomic E-state index is 0.0301. The summed E-state index contributed by atoms with van der Waals surface area (Å²) in [6, 6.07) is 19.7. The molecule has 31 heavy (non-hydrogen) atoms. The van der Waals surface area contributed by atoms with Crippen molar-refractivity contribution in [3.63, 3.8) is 0 Å². The van der Waals surface area contributed by atoms with E-state index in [-0.39, 0.29) is 5.56 Å². The van der Waals surface area contributed by atoms with E-state index in [9.17, 15) is 4.79 Å². The maximum atomic E-state index is 13.1. The highest BCUT2D eigenvalue weighted by molar-refractivity contribution is 7.98. The summed E-state index contributed by atoms with van der Waals surface area (Å²) in [5.74, 6) is 1.49. The molecule has 0 fully saturated rings. The smallest absolute Gasteiger partial charge is 0.272 e. The number of hydrogen-bond donors (Lipinski definition) is 0. The maximum Gasteiger partial charge on any atom is 0.272 e. The summed E-state index contributed by atoms with van der Waals surface area (Å²) >= 11 is 2.84. The highest BCUT2D eigenvalue weighted by Gasteiger charge is 2.16. The van der Waals surface area contributed by atoms with Crippen LogP contribution in [0.5, 0.6) is 0 Å². The SMILES string of the molecule is Cc1ccccc1-c1noc(CSc2nc3ccsc3c(=O)n2Cc2ccccc2)n1. The first kappa shape index (κ1) is 19.7. The van der Waals surface area contributed by atoms with E-state index in [1.165, 1.54) is 23.1 Å². The van der Waals surface area contributed by atoms with Gasteiger partial charge in [0.25, 0.3) is 5.56 Å². The van der Waals surface area contributed by atoms with Gasteiger partial charge in [-0.2, -0.15) is 4.98 Å². The molecule has 0 amide bonds. The summed E-state index contributed by atoms with van der Waals surface area (Å²) in [6.45, 7) is 2.48. The van der Waals surface area contributed by atoms with Crippen LogP contribution in [0.1, 0.15) is 17.0 Å². The molecule has 5 rings (SSSR count). The molecular formula is C23H18N4O2S2. The van der Waals surface area contributed by atoms with Crippen molar-refractivity contribution in [2.45, 2.75) is 24.4 Å². The van der Waals surface area contributed by atoms with E-state index in [4.69, 9.17) is 9.51 Å². The van der Waals surface area contributed by atoms with Crippen LogP contribution in [-0.4, -0.2) is 19.7 Å². The summed E-state index contributed by atoms with van der Waals surface area (Å²) in [4.78, 5) is 22.4. The van der Waals surface area contributed by atoms with Gasteiger partial charge in [0.2, 0.25) is 11.7 Å². The van der Waals surface area contributed by atoms with Gasteiger partial charge in [0.15, 0.2) is 5.16 Å². The second-order valence-electron chi connectivity index (χ2n) is 7.02. The molecule has 0 atom stereocenters. The van der Waals surface area contributed by atoms with Crippen LogP contribution in [-0.2, 0) is 12.3 Å². The maximum absolute atomic E-state index is 13.1. The zero-order valence-electron chi connectivity index (χ0n) is 16.7. The van der Waals surface area contributed by atoms with Gasteiger partial charge >= 0.3 is 0 Å². The number of hydrogen-bond acceptors (Lipinski definition) is 7. The van der Waals surface area contributed by atoms with E-state index in [0.29, 0.717) is 39.4 Å². The predicted octanol–water partition coefficient (Wildman–Crippen LogP) is 5.16. The molecule has 0 aliphatic carbocycles. The number of rotatable bonds is 6. The van der Waals surface area contributed by atoms with Crippen molar-refractivity contribution >= 4 is 33.3 Å². The van der Waals surface area contributed by atoms with Crippen molar-refractivity contribution < 1.29 is 4.52 Å². The fourth-order valence-corrected chi connectivity index (χ4v) is 4.93. The van der Waals surface area contributed by atoms with Crippen molar-refractivity contribution in [3.05, 3.63) is 93.4 Å². The zero-order valence-corrected chi connectivity index (χ0v) is 18.3. The molecule has 154 valence electrons. The fourth-order valence-electron chi connectivity index (χ4n) is 3.31. The standard InChI is InChI=1S/C23H18N4O2S2/c1-15-7-5-6-10-17(15)21-25-19(29-26-21)14-31-23-24-18-11-12-30-20(18)22(28)27(23)13-16-8-3-2-4-9-16/h2-12H,13-14H2,1H3. The topological polar surface area (TPSA) is 73.8 Å². The molecule has 0 saturated heterocycles. The van der Waals surface area contributed by atoms with Crippen molar-refractivity contribution in [3.8, 4) is 11.4 Å². The van der Waals surface area contributed by atoms with E-state index >= 15 is 0 Å². The van der Waals surface area contributed by atoms with E-state index in [0.717, 1.165) is 16.7 Å². The average Bonchev–Trinajstić information content (AvgIpc) is 3.45. The molecule has 2 aromatic carbocycles. The van der Waals surface area contributed by atoms with E-state index in [1.54, 1.807) is 4.57 Å². The number of aryl methyl sites for hydroxylation is 1. The van der Waals surface area contributed by atoms with E-state index < -0.39 is 0 Å².